The molecule has 1 saturated heterocycles. The molecule has 1 fully saturated rings. The summed E-state index contributed by atoms with van der Waals surface area (Å²) in [5.41, 5.74) is 0. The third-order valence-electron chi connectivity index (χ3n) is 3.15. The summed E-state index contributed by atoms with van der Waals surface area (Å²) >= 11 is 0. The van der Waals surface area contributed by atoms with Gasteiger partial charge < -0.3 is 14.7 Å². The van der Waals surface area contributed by atoms with Gasteiger partial charge in [0.05, 0.1) is 19.1 Å². The van der Waals surface area contributed by atoms with Gasteiger partial charge in [0, 0.05) is 39.6 Å². The van der Waals surface area contributed by atoms with E-state index >= 15 is 0 Å². The van der Waals surface area contributed by atoms with Crippen LogP contribution in [0.5, 0.6) is 0 Å². The van der Waals surface area contributed by atoms with Gasteiger partial charge >= 0.3 is 5.97 Å². The summed E-state index contributed by atoms with van der Waals surface area (Å²) in [7, 11) is 0. The van der Waals surface area contributed by atoms with E-state index < -0.39 is 11.9 Å². The Morgan fingerprint density at radius 1 is 1.39 bits per heavy atom. The topological polar surface area (TPSA) is 70.1 Å². The van der Waals surface area contributed by atoms with Crippen LogP contribution in [-0.4, -0.2) is 72.7 Å². The Morgan fingerprint density at radius 3 is 2.50 bits per heavy atom. The zero-order chi connectivity index (χ0) is 13.5. The maximum absolute atomic E-state index is 11.5. The minimum atomic E-state index is -0.868. The molecule has 0 aromatic carbocycles. The molecule has 18 heavy (non-hydrogen) atoms. The van der Waals surface area contributed by atoms with Gasteiger partial charge in [-0.2, -0.15) is 0 Å². The van der Waals surface area contributed by atoms with E-state index in [2.05, 4.69) is 4.90 Å². The van der Waals surface area contributed by atoms with Crippen molar-refractivity contribution >= 4 is 11.9 Å². The van der Waals surface area contributed by atoms with Crippen molar-refractivity contribution < 1.29 is 19.4 Å². The van der Waals surface area contributed by atoms with Crippen molar-refractivity contribution in [3.8, 4) is 0 Å². The molecule has 0 aromatic heterocycles. The molecule has 0 bridgehead atoms. The number of carboxylic acid groups (broad SMARTS) is 1. The van der Waals surface area contributed by atoms with Crippen LogP contribution in [0.4, 0.5) is 0 Å². The van der Waals surface area contributed by atoms with Gasteiger partial charge in [-0.1, -0.05) is 6.92 Å². The molecule has 104 valence electrons. The number of ether oxygens (including phenoxy) is 1. The lowest BCUT2D eigenvalue weighted by Crippen LogP contribution is -2.44. The monoisotopic (exact) mass is 258 g/mol. The van der Waals surface area contributed by atoms with Gasteiger partial charge in [0.2, 0.25) is 5.91 Å². The van der Waals surface area contributed by atoms with E-state index in [1.165, 1.54) is 6.92 Å². The predicted molar refractivity (Wildman–Crippen MR) is 66.3 cm³/mol. The number of carbonyl (C=O) groups is 2. The normalized spacial score (nSPS) is 18.3. The number of amides is 1. The van der Waals surface area contributed by atoms with Gasteiger partial charge in [-0.25, -0.2) is 0 Å². The minimum Gasteiger partial charge on any atom is -0.481 e. The molecule has 1 aliphatic rings. The maximum Gasteiger partial charge on any atom is 0.308 e. The molecule has 0 saturated carbocycles. The Kier molecular flexibility index (Phi) is 6.07. The van der Waals surface area contributed by atoms with Gasteiger partial charge in [-0.15, -0.1) is 0 Å². The molecule has 6 heteroatoms. The molecule has 0 aromatic rings. The molecule has 0 radical (unpaired) electrons. The predicted octanol–water partition coefficient (Wildman–Crippen LogP) is -0.112. The average molecular weight is 258 g/mol. The summed E-state index contributed by atoms with van der Waals surface area (Å²) in [5, 5.41) is 8.86. The van der Waals surface area contributed by atoms with Crippen LogP contribution in [0.1, 0.15) is 13.8 Å². The number of morpholine rings is 1. The fourth-order valence-electron chi connectivity index (χ4n) is 1.87. The third kappa shape index (κ3) is 5.01. The van der Waals surface area contributed by atoms with Crippen LogP contribution < -0.4 is 0 Å². The Balaban J connectivity index is 2.37. The van der Waals surface area contributed by atoms with Crippen molar-refractivity contribution in [1.29, 1.82) is 0 Å². The number of nitrogens with zero attached hydrogens (tertiary/aromatic N) is 2. The molecule has 0 aliphatic carbocycles. The van der Waals surface area contributed by atoms with E-state index in [1.54, 1.807) is 11.8 Å². The summed E-state index contributed by atoms with van der Waals surface area (Å²) < 4.78 is 5.25. The van der Waals surface area contributed by atoms with E-state index in [0.717, 1.165) is 32.8 Å². The van der Waals surface area contributed by atoms with Crippen LogP contribution in [-0.2, 0) is 14.3 Å². The zero-order valence-electron chi connectivity index (χ0n) is 11.1. The largest absolute Gasteiger partial charge is 0.481 e. The number of carboxylic acids is 1. The summed E-state index contributed by atoms with van der Waals surface area (Å²) in [4.78, 5) is 26.1. The fourth-order valence-corrected chi connectivity index (χ4v) is 1.87. The number of carbonyl (C=O) groups excluding carboxylic acids is 1. The van der Waals surface area contributed by atoms with Gasteiger partial charge in [0.1, 0.15) is 0 Å². The lowest BCUT2D eigenvalue weighted by molar-refractivity contribution is -0.142. The molecule has 1 atom stereocenters. The van der Waals surface area contributed by atoms with E-state index in [4.69, 9.17) is 9.84 Å². The highest BCUT2D eigenvalue weighted by Crippen LogP contribution is 2.03. The van der Waals surface area contributed by atoms with Crippen molar-refractivity contribution in [2.45, 2.75) is 13.8 Å². The first-order chi connectivity index (χ1) is 8.50. The SMILES string of the molecule is CC(=O)N(CCN1CCOCC1)CC(C)C(=O)O. The van der Waals surface area contributed by atoms with Crippen LogP contribution in [0.15, 0.2) is 0 Å². The van der Waals surface area contributed by atoms with E-state index in [1.807, 2.05) is 0 Å². The Bertz CT molecular complexity index is 290. The fraction of sp³-hybridized carbons (Fsp3) is 0.833. The minimum absolute atomic E-state index is 0.0728. The number of rotatable bonds is 6. The van der Waals surface area contributed by atoms with Gasteiger partial charge in [0.15, 0.2) is 0 Å². The van der Waals surface area contributed by atoms with Crippen LogP contribution in [0.25, 0.3) is 0 Å². The highest BCUT2D eigenvalue weighted by molar-refractivity contribution is 5.75. The highest BCUT2D eigenvalue weighted by Gasteiger charge is 2.19. The van der Waals surface area contributed by atoms with Crippen molar-refractivity contribution in [2.75, 3.05) is 45.9 Å². The summed E-state index contributed by atoms with van der Waals surface area (Å²) in [6.07, 6.45) is 0. The number of aliphatic carboxylic acids is 1. The lowest BCUT2D eigenvalue weighted by atomic mass is 10.1. The standard InChI is InChI=1S/C12H22N2O4/c1-10(12(16)17)9-14(11(2)15)4-3-13-5-7-18-8-6-13/h10H,3-9H2,1-2H3,(H,16,17). The van der Waals surface area contributed by atoms with E-state index in [-0.39, 0.29) is 12.5 Å². The van der Waals surface area contributed by atoms with Crippen LogP contribution >= 0.6 is 0 Å². The zero-order valence-corrected chi connectivity index (χ0v) is 11.1. The van der Waals surface area contributed by atoms with Crippen LogP contribution in [0, 0.1) is 5.92 Å². The van der Waals surface area contributed by atoms with Crippen molar-refractivity contribution in [3.63, 3.8) is 0 Å². The highest BCUT2D eigenvalue weighted by atomic mass is 16.5. The summed E-state index contributed by atoms with van der Waals surface area (Å²) in [6.45, 7) is 7.93. The van der Waals surface area contributed by atoms with Crippen molar-refractivity contribution in [2.24, 2.45) is 5.92 Å². The maximum atomic E-state index is 11.5. The molecule has 1 unspecified atom stereocenters. The van der Waals surface area contributed by atoms with Crippen molar-refractivity contribution in [3.05, 3.63) is 0 Å². The van der Waals surface area contributed by atoms with Gasteiger partial charge in [-0.3, -0.25) is 14.5 Å². The average Bonchev–Trinajstić information content (AvgIpc) is 2.34. The molecule has 1 N–H and O–H groups in total. The second-order valence-electron chi connectivity index (χ2n) is 4.66. The second-order valence-corrected chi connectivity index (χ2v) is 4.66. The molecular formula is C12H22N2O4. The van der Waals surface area contributed by atoms with E-state index in [0.29, 0.717) is 6.54 Å². The Hall–Kier alpha value is -1.14. The first-order valence-electron chi connectivity index (χ1n) is 6.29. The molecule has 6 nitrogen and oxygen atoms in total. The second kappa shape index (κ2) is 7.33. The molecule has 1 heterocycles. The number of hydrogen-bond donors (Lipinski definition) is 1. The molecule has 1 aliphatic heterocycles. The third-order valence-corrected chi connectivity index (χ3v) is 3.15. The first kappa shape index (κ1) is 14.9. The first-order valence-corrected chi connectivity index (χ1v) is 6.29. The summed E-state index contributed by atoms with van der Waals surface area (Å²) in [6, 6.07) is 0. The van der Waals surface area contributed by atoms with E-state index in [9.17, 15) is 9.59 Å². The Morgan fingerprint density at radius 2 is 2.00 bits per heavy atom. The summed E-state index contributed by atoms with van der Waals surface area (Å²) in [5.74, 6) is -1.47. The van der Waals surface area contributed by atoms with Crippen LogP contribution in [0.2, 0.25) is 0 Å². The number of hydrogen-bond acceptors (Lipinski definition) is 4. The lowest BCUT2D eigenvalue weighted by Gasteiger charge is -2.30. The molecule has 1 rings (SSSR count). The molecule has 1 amide bonds. The molecular weight excluding hydrogens is 236 g/mol. The van der Waals surface area contributed by atoms with Crippen molar-refractivity contribution in [1.82, 2.24) is 9.80 Å². The van der Waals surface area contributed by atoms with Gasteiger partial charge in [0.25, 0.3) is 0 Å². The van der Waals surface area contributed by atoms with Crippen LogP contribution in [0.3, 0.4) is 0 Å². The quantitative estimate of drug-likeness (QED) is 0.719. The van der Waals surface area contributed by atoms with Gasteiger partial charge in [-0.05, 0) is 0 Å². The molecule has 0 spiro atoms. The Labute approximate surface area is 107 Å². The smallest absolute Gasteiger partial charge is 0.308 e.